The highest BCUT2D eigenvalue weighted by Gasteiger charge is 2.24. The quantitative estimate of drug-likeness (QED) is 0.214. The molecule has 0 aliphatic carbocycles. The second-order valence-electron chi connectivity index (χ2n) is 7.14. The molecule has 180 valence electrons. The van der Waals surface area contributed by atoms with Crippen molar-refractivity contribution in [3.8, 4) is 45.3 Å². The summed E-state index contributed by atoms with van der Waals surface area (Å²) in [5.41, 5.74) is 2.67. The van der Waals surface area contributed by atoms with Crippen LogP contribution >= 0.6 is 127 Å². The first kappa shape index (κ1) is 28.1. The van der Waals surface area contributed by atoms with Crippen LogP contribution in [0.2, 0.25) is 0 Å². The zero-order chi connectivity index (χ0) is 25.6. The van der Waals surface area contributed by atoms with Crippen LogP contribution in [0.4, 0.5) is 0 Å². The Morgan fingerprint density at radius 2 is 0.857 bits per heavy atom. The fraction of sp³-hybridized carbons (Fsp3) is 0. The lowest BCUT2D eigenvalue weighted by Crippen LogP contribution is -1.95. The maximum atomic E-state index is 10.8. The van der Waals surface area contributed by atoms with Gasteiger partial charge in [0.25, 0.3) is 0 Å². The average Bonchev–Trinajstić information content (AvgIpc) is 2.75. The average molecular weight is 986 g/mol. The predicted molar refractivity (Wildman–Crippen MR) is 169 cm³/mol. The SMILES string of the molecule is Oc1cc(Br)c(Oc2c(Br)cc(O)c(-c3ccc(Br)cc3Br)c2Br)c(Br)c1-c1ccc(Br)cc1Br. The summed E-state index contributed by atoms with van der Waals surface area (Å²) in [7, 11) is 0. The molecule has 0 radical (unpaired) electrons. The van der Waals surface area contributed by atoms with Gasteiger partial charge in [-0.05, 0) is 100 Å². The highest BCUT2D eigenvalue weighted by molar-refractivity contribution is 9.12. The summed E-state index contributed by atoms with van der Waals surface area (Å²) in [4.78, 5) is 0. The van der Waals surface area contributed by atoms with Gasteiger partial charge in [0.05, 0.1) is 17.9 Å². The highest BCUT2D eigenvalue weighted by Crippen LogP contribution is 2.53. The number of hydrogen-bond acceptors (Lipinski definition) is 3. The van der Waals surface area contributed by atoms with Crippen molar-refractivity contribution in [3.63, 3.8) is 0 Å². The first-order valence-electron chi connectivity index (χ1n) is 9.50. The monoisotopic (exact) mass is 977 g/mol. The number of phenolic OH excluding ortho intramolecular Hbond substituents is 2. The van der Waals surface area contributed by atoms with Crippen LogP contribution in [0.1, 0.15) is 0 Å². The van der Waals surface area contributed by atoms with E-state index in [2.05, 4.69) is 127 Å². The molecule has 0 aromatic heterocycles. The molecule has 2 N–H and O–H groups in total. The van der Waals surface area contributed by atoms with E-state index in [1.807, 2.05) is 36.4 Å². The van der Waals surface area contributed by atoms with Crippen LogP contribution in [0.5, 0.6) is 23.0 Å². The zero-order valence-corrected chi connectivity index (χ0v) is 29.6. The summed E-state index contributed by atoms with van der Waals surface area (Å²) < 4.78 is 12.0. The minimum Gasteiger partial charge on any atom is -0.507 e. The third-order valence-corrected chi connectivity index (χ3v) is 9.91. The third kappa shape index (κ3) is 5.77. The molecule has 4 rings (SSSR count). The Kier molecular flexibility index (Phi) is 9.22. The topological polar surface area (TPSA) is 49.7 Å². The number of rotatable bonds is 4. The standard InChI is InChI=1S/C24H10Br8O3/c25-9-1-3-11(13(27)5-9)19-17(33)7-15(29)23(21(19)31)35-24-16(30)8-18(34)20(22(24)32)12-4-2-10(26)6-14(12)28/h1-8,33-34H. The van der Waals surface area contributed by atoms with Crippen molar-refractivity contribution >= 4 is 127 Å². The van der Waals surface area contributed by atoms with Gasteiger partial charge in [0.1, 0.15) is 11.5 Å². The summed E-state index contributed by atoms with van der Waals surface area (Å²) in [5, 5.41) is 21.6. The lowest BCUT2D eigenvalue weighted by Gasteiger charge is -2.19. The van der Waals surface area contributed by atoms with Crippen molar-refractivity contribution in [1.82, 2.24) is 0 Å². The Bertz CT molecular complexity index is 1380. The molecule has 0 spiro atoms. The fourth-order valence-corrected chi connectivity index (χ4v) is 8.80. The van der Waals surface area contributed by atoms with E-state index < -0.39 is 0 Å². The van der Waals surface area contributed by atoms with Crippen LogP contribution in [0.25, 0.3) is 22.3 Å². The van der Waals surface area contributed by atoms with E-state index in [1.54, 1.807) is 12.1 Å². The Morgan fingerprint density at radius 1 is 0.486 bits per heavy atom. The summed E-state index contributed by atoms with van der Waals surface area (Å²) >= 11 is 28.4. The molecule has 0 heterocycles. The van der Waals surface area contributed by atoms with E-state index in [9.17, 15) is 10.2 Å². The summed E-state index contributed by atoms with van der Waals surface area (Å²) in [6.45, 7) is 0. The molecule has 4 aromatic rings. The van der Waals surface area contributed by atoms with Gasteiger partial charge in [-0.25, -0.2) is 0 Å². The molecular formula is C24H10Br8O3. The number of aromatic hydroxyl groups is 2. The molecule has 0 amide bonds. The molecule has 3 nitrogen and oxygen atoms in total. The first-order valence-corrected chi connectivity index (χ1v) is 15.8. The molecule has 0 aliphatic rings. The van der Waals surface area contributed by atoms with Gasteiger partial charge in [0, 0.05) is 40.1 Å². The molecule has 4 aromatic carbocycles. The Balaban J connectivity index is 1.90. The molecular weight excluding hydrogens is 975 g/mol. The molecule has 0 aliphatic heterocycles. The van der Waals surface area contributed by atoms with Gasteiger partial charge >= 0.3 is 0 Å². The molecule has 0 saturated heterocycles. The van der Waals surface area contributed by atoms with Crippen LogP contribution in [0.15, 0.2) is 84.3 Å². The van der Waals surface area contributed by atoms with E-state index in [0.717, 1.165) is 29.0 Å². The molecule has 0 unspecified atom stereocenters. The van der Waals surface area contributed by atoms with E-state index in [4.69, 9.17) is 4.74 Å². The second kappa shape index (κ2) is 11.5. The van der Waals surface area contributed by atoms with Gasteiger partial charge in [-0.15, -0.1) is 0 Å². The summed E-state index contributed by atoms with van der Waals surface area (Å²) in [6, 6.07) is 14.5. The van der Waals surface area contributed by atoms with Gasteiger partial charge in [-0.3, -0.25) is 0 Å². The number of ether oxygens (including phenoxy) is 1. The van der Waals surface area contributed by atoms with Gasteiger partial charge in [0.2, 0.25) is 0 Å². The first-order chi connectivity index (χ1) is 16.5. The Hall–Kier alpha value is 0.120. The van der Waals surface area contributed by atoms with Crippen molar-refractivity contribution in [2.45, 2.75) is 0 Å². The number of phenols is 2. The molecule has 35 heavy (non-hydrogen) atoms. The van der Waals surface area contributed by atoms with Crippen molar-refractivity contribution in [1.29, 1.82) is 0 Å². The molecule has 0 atom stereocenters. The highest BCUT2D eigenvalue weighted by atomic mass is 79.9. The number of benzene rings is 4. The van der Waals surface area contributed by atoms with Crippen LogP contribution in [-0.2, 0) is 0 Å². The van der Waals surface area contributed by atoms with Crippen LogP contribution in [-0.4, -0.2) is 10.2 Å². The summed E-state index contributed by atoms with van der Waals surface area (Å²) in [5.74, 6) is 1.03. The lowest BCUT2D eigenvalue weighted by molar-refractivity contribution is 0.452. The molecule has 0 fully saturated rings. The van der Waals surface area contributed by atoms with Crippen LogP contribution in [0, 0.1) is 0 Å². The zero-order valence-electron chi connectivity index (χ0n) is 16.9. The minimum absolute atomic E-state index is 0.0717. The smallest absolute Gasteiger partial charge is 0.156 e. The van der Waals surface area contributed by atoms with Crippen molar-refractivity contribution in [2.24, 2.45) is 0 Å². The van der Waals surface area contributed by atoms with Crippen molar-refractivity contribution in [3.05, 3.63) is 84.3 Å². The number of halogens is 8. The molecule has 0 bridgehead atoms. The normalized spacial score (nSPS) is 11.1. The van der Waals surface area contributed by atoms with Crippen molar-refractivity contribution < 1.29 is 14.9 Å². The predicted octanol–water partition coefficient (Wildman–Crippen LogP) is 12.3. The Morgan fingerprint density at radius 3 is 1.20 bits per heavy atom. The fourth-order valence-electron chi connectivity index (χ4n) is 3.36. The van der Waals surface area contributed by atoms with E-state index in [-0.39, 0.29) is 11.5 Å². The van der Waals surface area contributed by atoms with Gasteiger partial charge in [-0.1, -0.05) is 75.9 Å². The maximum Gasteiger partial charge on any atom is 0.156 e. The number of hydrogen-bond donors (Lipinski definition) is 2. The third-order valence-electron chi connectivity index (χ3n) is 4.92. The Labute approximate surface area is 268 Å². The van der Waals surface area contributed by atoms with E-state index in [1.165, 1.54) is 0 Å². The van der Waals surface area contributed by atoms with Crippen LogP contribution in [0.3, 0.4) is 0 Å². The molecule has 0 saturated carbocycles. The second-order valence-corrected chi connectivity index (χ2v) is 14.0. The van der Waals surface area contributed by atoms with Crippen LogP contribution < -0.4 is 4.74 Å². The maximum absolute atomic E-state index is 10.8. The van der Waals surface area contributed by atoms with Gasteiger partial charge in [-0.2, -0.15) is 0 Å². The van der Waals surface area contributed by atoms with Crippen molar-refractivity contribution in [2.75, 3.05) is 0 Å². The van der Waals surface area contributed by atoms with Gasteiger partial charge in [0.15, 0.2) is 11.5 Å². The minimum atomic E-state index is 0.0717. The molecule has 11 heteroatoms. The largest absolute Gasteiger partial charge is 0.507 e. The summed E-state index contributed by atoms with van der Waals surface area (Å²) in [6.07, 6.45) is 0. The van der Waals surface area contributed by atoms with E-state index in [0.29, 0.717) is 40.5 Å². The lowest BCUT2D eigenvalue weighted by atomic mass is 10.0. The van der Waals surface area contributed by atoms with E-state index >= 15 is 0 Å². The van der Waals surface area contributed by atoms with Gasteiger partial charge < -0.3 is 14.9 Å².